The molecule has 0 aliphatic rings. The Morgan fingerprint density at radius 3 is 2.50 bits per heavy atom. The Hall–Kier alpha value is -2.08. The van der Waals surface area contributed by atoms with Crippen LogP contribution in [0.5, 0.6) is 0 Å². The van der Waals surface area contributed by atoms with Crippen LogP contribution in [-0.2, 0) is 5.54 Å². The van der Waals surface area contributed by atoms with Gasteiger partial charge in [0.25, 0.3) is 5.91 Å². The van der Waals surface area contributed by atoms with Crippen molar-refractivity contribution in [2.75, 3.05) is 19.5 Å². The summed E-state index contributed by atoms with van der Waals surface area (Å²) in [7, 11) is 3.40. The first-order valence-corrected chi connectivity index (χ1v) is 8.90. The van der Waals surface area contributed by atoms with Crippen molar-refractivity contribution < 1.29 is 4.79 Å². The number of hydrazine groups is 1. The number of nitrogens with zero attached hydrogens (tertiary/aromatic N) is 1. The van der Waals surface area contributed by atoms with Crippen LogP contribution in [0.3, 0.4) is 0 Å². The van der Waals surface area contributed by atoms with Gasteiger partial charge in [-0.2, -0.15) is 0 Å². The fraction of sp³-hybridized carbons (Fsp3) is 0.350. The van der Waals surface area contributed by atoms with Crippen molar-refractivity contribution in [2.24, 2.45) is 5.73 Å². The van der Waals surface area contributed by atoms with Crippen LogP contribution in [0.15, 0.2) is 42.5 Å². The second kappa shape index (κ2) is 8.08. The van der Waals surface area contributed by atoms with E-state index in [4.69, 9.17) is 17.3 Å². The topological polar surface area (TPSA) is 70.4 Å². The average molecular weight is 375 g/mol. The highest BCUT2D eigenvalue weighted by molar-refractivity contribution is 6.34. The van der Waals surface area contributed by atoms with Crippen molar-refractivity contribution in [3.8, 4) is 0 Å². The minimum atomic E-state index is -0.351. The van der Waals surface area contributed by atoms with Crippen molar-refractivity contribution in [1.29, 1.82) is 0 Å². The maximum atomic E-state index is 12.2. The van der Waals surface area contributed by atoms with Gasteiger partial charge in [-0.3, -0.25) is 4.79 Å². The molecule has 0 fully saturated rings. The molecule has 0 bridgehead atoms. The Labute approximate surface area is 160 Å². The summed E-state index contributed by atoms with van der Waals surface area (Å²) < 4.78 is 0. The van der Waals surface area contributed by atoms with E-state index in [2.05, 4.69) is 36.8 Å². The summed E-state index contributed by atoms with van der Waals surface area (Å²) in [5.41, 5.74) is 15.5. The highest BCUT2D eigenvalue weighted by atomic mass is 35.5. The molecule has 26 heavy (non-hydrogen) atoms. The van der Waals surface area contributed by atoms with Gasteiger partial charge >= 0.3 is 0 Å². The van der Waals surface area contributed by atoms with Gasteiger partial charge in [0.1, 0.15) is 0 Å². The SMILES string of the molecule is CC(N)c1cccc(C(C)(C)NNc2ccc(Cl)c(C(=O)N(C)C)c2)c1. The first-order chi connectivity index (χ1) is 12.1. The maximum absolute atomic E-state index is 12.2. The van der Waals surface area contributed by atoms with E-state index in [-0.39, 0.29) is 17.5 Å². The van der Waals surface area contributed by atoms with E-state index in [0.717, 1.165) is 16.8 Å². The molecule has 0 aromatic heterocycles. The van der Waals surface area contributed by atoms with Gasteiger partial charge in [-0.25, -0.2) is 5.43 Å². The van der Waals surface area contributed by atoms with Gasteiger partial charge in [-0.05, 0) is 50.1 Å². The molecule has 1 amide bonds. The van der Waals surface area contributed by atoms with Crippen molar-refractivity contribution in [3.05, 3.63) is 64.2 Å². The number of carbonyl (C=O) groups excluding carboxylic acids is 1. The molecule has 2 rings (SSSR count). The second-order valence-corrected chi connectivity index (χ2v) is 7.59. The molecule has 0 spiro atoms. The number of amides is 1. The average Bonchev–Trinajstić information content (AvgIpc) is 2.60. The Kier molecular flexibility index (Phi) is 6.29. The fourth-order valence-electron chi connectivity index (χ4n) is 2.52. The lowest BCUT2D eigenvalue weighted by Gasteiger charge is -2.29. The van der Waals surface area contributed by atoms with E-state index in [0.29, 0.717) is 10.6 Å². The quantitative estimate of drug-likeness (QED) is 0.670. The first kappa shape index (κ1) is 20.2. The molecule has 6 heteroatoms. The van der Waals surface area contributed by atoms with Gasteiger partial charge in [-0.1, -0.05) is 35.9 Å². The van der Waals surface area contributed by atoms with Crippen LogP contribution in [0.1, 0.15) is 48.3 Å². The molecule has 0 aliphatic heterocycles. The molecule has 4 N–H and O–H groups in total. The largest absolute Gasteiger partial charge is 0.345 e. The monoisotopic (exact) mass is 374 g/mol. The van der Waals surface area contributed by atoms with Gasteiger partial charge in [-0.15, -0.1) is 0 Å². The smallest absolute Gasteiger partial charge is 0.254 e. The van der Waals surface area contributed by atoms with E-state index in [1.54, 1.807) is 26.2 Å². The fourth-order valence-corrected chi connectivity index (χ4v) is 2.72. The highest BCUT2D eigenvalue weighted by Crippen LogP contribution is 2.25. The van der Waals surface area contributed by atoms with Gasteiger partial charge in [0.05, 0.1) is 16.1 Å². The van der Waals surface area contributed by atoms with Crippen LogP contribution in [0.4, 0.5) is 5.69 Å². The van der Waals surface area contributed by atoms with Gasteiger partial charge in [0, 0.05) is 25.8 Å². The first-order valence-electron chi connectivity index (χ1n) is 8.52. The zero-order valence-corrected chi connectivity index (χ0v) is 16.7. The van der Waals surface area contributed by atoms with E-state index >= 15 is 0 Å². The number of carbonyl (C=O) groups is 1. The Morgan fingerprint density at radius 1 is 1.19 bits per heavy atom. The maximum Gasteiger partial charge on any atom is 0.254 e. The molecule has 0 heterocycles. The van der Waals surface area contributed by atoms with Crippen LogP contribution < -0.4 is 16.6 Å². The molecule has 1 atom stereocenters. The number of anilines is 1. The van der Waals surface area contributed by atoms with Crippen molar-refractivity contribution >= 4 is 23.2 Å². The van der Waals surface area contributed by atoms with Crippen LogP contribution in [-0.4, -0.2) is 24.9 Å². The summed E-state index contributed by atoms with van der Waals surface area (Å²) in [6.45, 7) is 6.11. The third-order valence-electron chi connectivity index (χ3n) is 4.26. The minimum Gasteiger partial charge on any atom is -0.345 e. The molecule has 1 unspecified atom stereocenters. The van der Waals surface area contributed by atoms with Gasteiger partial charge in [0.2, 0.25) is 0 Å². The predicted octanol–water partition coefficient (Wildman–Crippen LogP) is 3.91. The lowest BCUT2D eigenvalue weighted by molar-refractivity contribution is 0.0828. The summed E-state index contributed by atoms with van der Waals surface area (Å²) in [5.74, 6) is -0.137. The summed E-state index contributed by atoms with van der Waals surface area (Å²) in [6, 6.07) is 13.5. The van der Waals surface area contributed by atoms with Crippen LogP contribution >= 0.6 is 11.6 Å². The van der Waals surface area contributed by atoms with E-state index in [1.807, 2.05) is 25.1 Å². The molecular formula is C20H27ClN4O. The van der Waals surface area contributed by atoms with Crippen LogP contribution in [0, 0.1) is 0 Å². The number of nitrogens with one attached hydrogen (secondary N) is 2. The normalized spacial score (nSPS) is 12.6. The predicted molar refractivity (Wildman–Crippen MR) is 108 cm³/mol. The zero-order chi connectivity index (χ0) is 19.5. The lowest BCUT2D eigenvalue weighted by atomic mass is 9.92. The summed E-state index contributed by atoms with van der Waals surface area (Å²) >= 11 is 6.16. The van der Waals surface area contributed by atoms with Crippen molar-refractivity contribution in [1.82, 2.24) is 10.3 Å². The Morgan fingerprint density at radius 2 is 1.88 bits per heavy atom. The molecule has 140 valence electrons. The van der Waals surface area contributed by atoms with Crippen LogP contribution in [0.25, 0.3) is 0 Å². The molecule has 5 nitrogen and oxygen atoms in total. The number of hydrogen-bond donors (Lipinski definition) is 3. The van der Waals surface area contributed by atoms with Crippen LogP contribution in [0.2, 0.25) is 5.02 Å². The highest BCUT2D eigenvalue weighted by Gasteiger charge is 2.21. The number of nitrogens with two attached hydrogens (primary N) is 1. The molecule has 0 aliphatic carbocycles. The number of benzene rings is 2. The molecule has 2 aromatic rings. The van der Waals surface area contributed by atoms with E-state index < -0.39 is 0 Å². The molecule has 2 aromatic carbocycles. The number of halogens is 1. The molecular weight excluding hydrogens is 348 g/mol. The van der Waals surface area contributed by atoms with Gasteiger partial charge < -0.3 is 16.1 Å². The standard InChI is InChI=1S/C20H27ClN4O/c1-13(22)14-7-6-8-15(11-14)20(2,3)24-23-16-9-10-18(21)17(12-16)19(26)25(4)5/h6-13,23-24H,22H2,1-5H3. The Balaban J connectivity index is 2.18. The van der Waals surface area contributed by atoms with E-state index in [9.17, 15) is 4.79 Å². The van der Waals surface area contributed by atoms with E-state index in [1.165, 1.54) is 4.90 Å². The lowest BCUT2D eigenvalue weighted by Crippen LogP contribution is -2.40. The third kappa shape index (κ3) is 4.75. The number of rotatable bonds is 6. The third-order valence-corrected chi connectivity index (χ3v) is 4.59. The number of hydrogen-bond acceptors (Lipinski definition) is 4. The van der Waals surface area contributed by atoms with Gasteiger partial charge in [0.15, 0.2) is 0 Å². The summed E-state index contributed by atoms with van der Waals surface area (Å²) in [6.07, 6.45) is 0. The second-order valence-electron chi connectivity index (χ2n) is 7.18. The minimum absolute atomic E-state index is 0.0189. The zero-order valence-electron chi connectivity index (χ0n) is 15.9. The summed E-state index contributed by atoms with van der Waals surface area (Å²) in [4.78, 5) is 13.7. The molecule has 0 saturated heterocycles. The molecule has 0 radical (unpaired) electrons. The summed E-state index contributed by atoms with van der Waals surface area (Å²) in [5, 5.41) is 0.429. The van der Waals surface area contributed by atoms with Crippen molar-refractivity contribution in [2.45, 2.75) is 32.4 Å². The Bertz CT molecular complexity index is 787. The molecule has 0 saturated carbocycles. The van der Waals surface area contributed by atoms with Crippen molar-refractivity contribution in [3.63, 3.8) is 0 Å².